The van der Waals surface area contributed by atoms with Crippen molar-refractivity contribution in [1.82, 2.24) is 0 Å². The molecule has 0 spiro atoms. The topological polar surface area (TPSA) is 37.3 Å². The van der Waals surface area contributed by atoms with E-state index in [0.717, 1.165) is 24.8 Å². The summed E-state index contributed by atoms with van der Waals surface area (Å²) in [5.74, 6) is -1.04. The van der Waals surface area contributed by atoms with E-state index in [4.69, 9.17) is 0 Å². The minimum absolute atomic E-state index is 0.335. The first-order valence-corrected chi connectivity index (χ1v) is 6.03. The molecule has 0 amide bonds. The molecule has 1 aromatic rings. The number of hydrogen-bond donors (Lipinski definition) is 1. The van der Waals surface area contributed by atoms with Crippen molar-refractivity contribution in [2.24, 2.45) is 0 Å². The first-order chi connectivity index (χ1) is 7.75. The van der Waals surface area contributed by atoms with Crippen molar-refractivity contribution in [1.29, 1.82) is 0 Å². The van der Waals surface area contributed by atoms with Crippen LogP contribution in [0, 0.1) is 0 Å². The Morgan fingerprint density at radius 3 is 2.44 bits per heavy atom. The summed E-state index contributed by atoms with van der Waals surface area (Å²) in [5.41, 5.74) is 0.923. The lowest BCUT2D eigenvalue weighted by Crippen LogP contribution is -2.11. The molecule has 0 bridgehead atoms. The maximum absolute atomic E-state index is 11.2. The van der Waals surface area contributed by atoms with E-state index >= 15 is 0 Å². The van der Waals surface area contributed by atoms with E-state index in [1.54, 1.807) is 0 Å². The molecule has 1 atom stereocenters. The Morgan fingerprint density at radius 2 is 1.88 bits per heavy atom. The van der Waals surface area contributed by atoms with Gasteiger partial charge in [-0.1, -0.05) is 62.9 Å². The van der Waals surface area contributed by atoms with Crippen LogP contribution in [0.25, 0.3) is 0 Å². The Bertz CT molecular complexity index is 306. The largest absolute Gasteiger partial charge is 0.481 e. The zero-order valence-electron chi connectivity index (χ0n) is 9.86. The van der Waals surface area contributed by atoms with Gasteiger partial charge in [0.25, 0.3) is 0 Å². The second-order valence-corrected chi connectivity index (χ2v) is 4.15. The lowest BCUT2D eigenvalue weighted by atomic mass is 9.93. The number of hydrogen-bond acceptors (Lipinski definition) is 1. The summed E-state index contributed by atoms with van der Waals surface area (Å²) in [5, 5.41) is 9.18. The van der Waals surface area contributed by atoms with Crippen LogP contribution >= 0.6 is 0 Å². The number of benzene rings is 1. The molecule has 1 N–H and O–H groups in total. The van der Waals surface area contributed by atoms with Crippen LogP contribution in [-0.4, -0.2) is 11.1 Å². The van der Waals surface area contributed by atoms with E-state index in [-0.39, 0.29) is 5.92 Å². The molecule has 0 radical (unpaired) electrons. The van der Waals surface area contributed by atoms with Crippen LogP contribution in [0.5, 0.6) is 0 Å². The number of carboxylic acids is 1. The van der Waals surface area contributed by atoms with Gasteiger partial charge in [0, 0.05) is 0 Å². The van der Waals surface area contributed by atoms with Gasteiger partial charge >= 0.3 is 5.97 Å². The molecule has 16 heavy (non-hydrogen) atoms. The molecular formula is C14H20O2. The van der Waals surface area contributed by atoms with Crippen LogP contribution in [0.1, 0.15) is 50.5 Å². The molecule has 1 aromatic carbocycles. The second kappa shape index (κ2) is 7.04. The maximum atomic E-state index is 11.2. The fourth-order valence-corrected chi connectivity index (χ4v) is 1.89. The van der Waals surface area contributed by atoms with Crippen molar-refractivity contribution in [2.75, 3.05) is 0 Å². The Kier molecular flexibility index (Phi) is 5.62. The average molecular weight is 220 g/mol. The number of carboxylic acid groups (broad SMARTS) is 1. The third-order valence-electron chi connectivity index (χ3n) is 2.85. The van der Waals surface area contributed by atoms with Gasteiger partial charge < -0.3 is 5.11 Å². The normalized spacial score (nSPS) is 12.3. The van der Waals surface area contributed by atoms with E-state index in [0.29, 0.717) is 0 Å². The fourth-order valence-electron chi connectivity index (χ4n) is 1.89. The van der Waals surface area contributed by atoms with Crippen molar-refractivity contribution < 1.29 is 9.90 Å². The molecule has 2 heteroatoms. The Hall–Kier alpha value is -1.31. The predicted molar refractivity (Wildman–Crippen MR) is 65.6 cm³/mol. The smallest absolute Gasteiger partial charge is 0.310 e. The number of unbranched alkanes of at least 4 members (excludes halogenated alkanes) is 3. The Balaban J connectivity index is 2.52. The van der Waals surface area contributed by atoms with Crippen LogP contribution in [0.3, 0.4) is 0 Å². The highest BCUT2D eigenvalue weighted by Gasteiger charge is 2.18. The highest BCUT2D eigenvalue weighted by atomic mass is 16.4. The van der Waals surface area contributed by atoms with Crippen molar-refractivity contribution >= 4 is 5.97 Å². The van der Waals surface area contributed by atoms with Crippen LogP contribution in [0.4, 0.5) is 0 Å². The lowest BCUT2D eigenvalue weighted by Gasteiger charge is -2.12. The van der Waals surface area contributed by atoms with Gasteiger partial charge in [0.05, 0.1) is 5.92 Å². The molecule has 0 heterocycles. The average Bonchev–Trinajstić information content (AvgIpc) is 2.30. The molecule has 1 rings (SSSR count). The van der Waals surface area contributed by atoms with E-state index in [2.05, 4.69) is 6.92 Å². The summed E-state index contributed by atoms with van der Waals surface area (Å²) in [6.07, 6.45) is 5.26. The molecule has 0 aliphatic carbocycles. The van der Waals surface area contributed by atoms with Gasteiger partial charge in [-0.05, 0) is 12.0 Å². The second-order valence-electron chi connectivity index (χ2n) is 4.15. The first kappa shape index (κ1) is 12.8. The van der Waals surface area contributed by atoms with E-state index < -0.39 is 5.97 Å². The van der Waals surface area contributed by atoms with Gasteiger partial charge in [-0.25, -0.2) is 0 Å². The molecular weight excluding hydrogens is 200 g/mol. The predicted octanol–water partition coefficient (Wildman–Crippen LogP) is 3.83. The van der Waals surface area contributed by atoms with Crippen LogP contribution in [0.2, 0.25) is 0 Å². The third-order valence-corrected chi connectivity index (χ3v) is 2.85. The van der Waals surface area contributed by atoms with E-state index in [9.17, 15) is 9.90 Å². The minimum atomic E-state index is -0.706. The number of rotatable bonds is 7. The van der Waals surface area contributed by atoms with Gasteiger partial charge in [0.2, 0.25) is 0 Å². The monoisotopic (exact) mass is 220 g/mol. The summed E-state index contributed by atoms with van der Waals surface area (Å²) >= 11 is 0. The van der Waals surface area contributed by atoms with Gasteiger partial charge in [-0.3, -0.25) is 4.79 Å². The van der Waals surface area contributed by atoms with Crippen LogP contribution < -0.4 is 0 Å². The zero-order chi connectivity index (χ0) is 11.8. The molecule has 0 aliphatic rings. The van der Waals surface area contributed by atoms with Gasteiger partial charge in [0.1, 0.15) is 0 Å². The quantitative estimate of drug-likeness (QED) is 0.709. The van der Waals surface area contributed by atoms with E-state index in [1.165, 1.54) is 12.8 Å². The molecule has 0 saturated heterocycles. The number of aliphatic carboxylic acids is 1. The molecule has 0 fully saturated rings. The Morgan fingerprint density at radius 1 is 1.19 bits per heavy atom. The van der Waals surface area contributed by atoms with Crippen molar-refractivity contribution in [2.45, 2.75) is 44.9 Å². The SMILES string of the molecule is CCCCCCC(C(=O)O)c1ccccc1. The van der Waals surface area contributed by atoms with Crippen molar-refractivity contribution in [3.05, 3.63) is 35.9 Å². The molecule has 0 aliphatic heterocycles. The summed E-state index contributed by atoms with van der Waals surface area (Å²) in [6, 6.07) is 9.52. The summed E-state index contributed by atoms with van der Waals surface area (Å²) in [7, 11) is 0. The molecule has 0 aromatic heterocycles. The summed E-state index contributed by atoms with van der Waals surface area (Å²) in [6.45, 7) is 2.16. The molecule has 2 nitrogen and oxygen atoms in total. The molecule has 0 saturated carbocycles. The van der Waals surface area contributed by atoms with Gasteiger partial charge in [-0.15, -0.1) is 0 Å². The maximum Gasteiger partial charge on any atom is 0.310 e. The standard InChI is InChI=1S/C14H20O2/c1-2-3-4-8-11-13(14(15)16)12-9-6-5-7-10-12/h5-7,9-10,13H,2-4,8,11H2,1H3,(H,15,16). The highest BCUT2D eigenvalue weighted by Crippen LogP contribution is 2.22. The van der Waals surface area contributed by atoms with Gasteiger partial charge in [0.15, 0.2) is 0 Å². The first-order valence-electron chi connectivity index (χ1n) is 6.03. The summed E-state index contributed by atoms with van der Waals surface area (Å²) in [4.78, 5) is 11.2. The lowest BCUT2D eigenvalue weighted by molar-refractivity contribution is -0.139. The van der Waals surface area contributed by atoms with Crippen LogP contribution in [-0.2, 0) is 4.79 Å². The van der Waals surface area contributed by atoms with Gasteiger partial charge in [-0.2, -0.15) is 0 Å². The van der Waals surface area contributed by atoms with E-state index in [1.807, 2.05) is 30.3 Å². The zero-order valence-corrected chi connectivity index (χ0v) is 9.86. The number of carbonyl (C=O) groups is 1. The molecule has 1 unspecified atom stereocenters. The highest BCUT2D eigenvalue weighted by molar-refractivity contribution is 5.75. The van der Waals surface area contributed by atoms with Crippen LogP contribution in [0.15, 0.2) is 30.3 Å². The minimum Gasteiger partial charge on any atom is -0.481 e. The fraction of sp³-hybridized carbons (Fsp3) is 0.500. The Labute approximate surface area is 97.3 Å². The van der Waals surface area contributed by atoms with Crippen molar-refractivity contribution in [3.8, 4) is 0 Å². The van der Waals surface area contributed by atoms with Crippen molar-refractivity contribution in [3.63, 3.8) is 0 Å². The third kappa shape index (κ3) is 4.05. The summed E-state index contributed by atoms with van der Waals surface area (Å²) < 4.78 is 0. The molecule has 88 valence electrons.